The summed E-state index contributed by atoms with van der Waals surface area (Å²) in [7, 11) is -2.34. The van der Waals surface area contributed by atoms with E-state index in [1.54, 1.807) is 31.2 Å². The maximum atomic E-state index is 12.7. The smallest absolute Gasteiger partial charge is 0.319 e. The number of esters is 1. The van der Waals surface area contributed by atoms with Crippen molar-refractivity contribution in [2.75, 3.05) is 20.3 Å². The lowest BCUT2D eigenvalue weighted by Crippen LogP contribution is -2.51. The van der Waals surface area contributed by atoms with Crippen LogP contribution in [0.25, 0.3) is 0 Å². The van der Waals surface area contributed by atoms with Gasteiger partial charge in [-0.25, -0.2) is 13.1 Å². The van der Waals surface area contributed by atoms with Crippen LogP contribution in [0.4, 0.5) is 0 Å². The van der Waals surface area contributed by atoms with Crippen LogP contribution >= 0.6 is 0 Å². The Kier molecular flexibility index (Phi) is 6.77. The molecule has 0 radical (unpaired) electrons. The molecule has 0 aliphatic heterocycles. The first kappa shape index (κ1) is 20.4. The summed E-state index contributed by atoms with van der Waals surface area (Å²) in [6.45, 7) is 3.71. The lowest BCUT2D eigenvalue weighted by Gasteiger charge is -2.35. The van der Waals surface area contributed by atoms with E-state index in [4.69, 9.17) is 9.57 Å². The number of hydrogen-bond acceptors (Lipinski definition) is 6. The Morgan fingerprint density at radius 1 is 1.27 bits per heavy atom. The molecule has 0 heterocycles. The van der Waals surface area contributed by atoms with E-state index in [0.29, 0.717) is 18.6 Å². The zero-order valence-corrected chi connectivity index (χ0v) is 16.3. The minimum absolute atomic E-state index is 0.107. The van der Waals surface area contributed by atoms with E-state index in [9.17, 15) is 13.2 Å². The molecule has 1 aromatic carbocycles. The normalized spacial score (nSPS) is 22.2. The number of benzene rings is 1. The van der Waals surface area contributed by atoms with E-state index < -0.39 is 21.4 Å². The molecule has 1 atom stereocenters. The number of sulfonamides is 1. The van der Waals surface area contributed by atoms with Crippen LogP contribution in [-0.2, 0) is 24.4 Å². The Morgan fingerprint density at radius 2 is 1.96 bits per heavy atom. The first-order chi connectivity index (χ1) is 12.4. The van der Waals surface area contributed by atoms with Crippen molar-refractivity contribution in [3.8, 4) is 0 Å². The van der Waals surface area contributed by atoms with Crippen LogP contribution in [0.2, 0.25) is 0 Å². The average Bonchev–Trinajstić information content (AvgIpc) is 2.62. The first-order valence-electron chi connectivity index (χ1n) is 8.70. The fraction of sp³-hybridized carbons (Fsp3) is 0.556. The molecule has 0 amide bonds. The first-order valence-corrected chi connectivity index (χ1v) is 10.2. The summed E-state index contributed by atoms with van der Waals surface area (Å²) in [5.41, 5.74) is 0.354. The Labute approximate surface area is 154 Å². The topological polar surface area (TPSA) is 94.1 Å². The van der Waals surface area contributed by atoms with E-state index in [1.807, 2.05) is 6.92 Å². The van der Waals surface area contributed by atoms with Crippen molar-refractivity contribution in [2.45, 2.75) is 44.4 Å². The van der Waals surface area contributed by atoms with Gasteiger partial charge >= 0.3 is 5.97 Å². The predicted molar refractivity (Wildman–Crippen MR) is 98.3 cm³/mol. The Hall–Kier alpha value is -1.93. The molecule has 1 saturated carbocycles. The van der Waals surface area contributed by atoms with Crippen LogP contribution in [0.3, 0.4) is 0 Å². The zero-order valence-electron chi connectivity index (χ0n) is 15.4. The Morgan fingerprint density at radius 3 is 2.58 bits per heavy atom. The molecule has 8 heteroatoms. The molecule has 1 aliphatic carbocycles. The molecule has 0 bridgehead atoms. The number of nitrogens with zero attached hydrogens (tertiary/aromatic N) is 1. The molecule has 0 unspecified atom stereocenters. The summed E-state index contributed by atoms with van der Waals surface area (Å²) >= 11 is 0. The number of hydrogen-bond donors (Lipinski definition) is 1. The average molecular weight is 382 g/mol. The van der Waals surface area contributed by atoms with Crippen LogP contribution in [0.15, 0.2) is 34.3 Å². The van der Waals surface area contributed by atoms with E-state index in [-0.39, 0.29) is 18.0 Å². The summed E-state index contributed by atoms with van der Waals surface area (Å²) in [6, 6.07) is 6.54. The van der Waals surface area contributed by atoms with Crippen LogP contribution in [-0.4, -0.2) is 40.4 Å². The van der Waals surface area contributed by atoms with E-state index >= 15 is 0 Å². The van der Waals surface area contributed by atoms with E-state index in [0.717, 1.165) is 18.4 Å². The number of aryl methyl sites for hydroxylation is 1. The molecular weight excluding hydrogens is 356 g/mol. The number of oxime groups is 1. The number of carbonyl (C=O) groups is 1. The minimum atomic E-state index is -3.75. The van der Waals surface area contributed by atoms with Gasteiger partial charge in [0.25, 0.3) is 0 Å². The highest BCUT2D eigenvalue weighted by Crippen LogP contribution is 2.36. The van der Waals surface area contributed by atoms with Crippen LogP contribution < -0.4 is 4.72 Å². The van der Waals surface area contributed by atoms with Crippen LogP contribution in [0.1, 0.15) is 38.2 Å². The highest BCUT2D eigenvalue weighted by molar-refractivity contribution is 7.89. The van der Waals surface area contributed by atoms with E-state index in [2.05, 4.69) is 9.88 Å². The van der Waals surface area contributed by atoms with Crippen LogP contribution in [0.5, 0.6) is 0 Å². The highest BCUT2D eigenvalue weighted by atomic mass is 32.2. The maximum absolute atomic E-state index is 12.7. The largest absolute Gasteiger partial charge is 0.465 e. The summed E-state index contributed by atoms with van der Waals surface area (Å²) in [4.78, 5) is 17.8. The molecule has 0 aromatic heterocycles. The molecule has 1 N–H and O–H groups in total. The van der Waals surface area contributed by atoms with Crippen molar-refractivity contribution in [2.24, 2.45) is 10.6 Å². The third-order valence-corrected chi connectivity index (χ3v) is 6.00. The van der Waals surface area contributed by atoms with Gasteiger partial charge in [-0.05, 0) is 45.2 Å². The molecule has 1 aliphatic rings. The molecule has 1 aromatic rings. The zero-order chi connectivity index (χ0) is 19.2. The number of rotatable bonds is 7. The van der Waals surface area contributed by atoms with Gasteiger partial charge in [-0.3, -0.25) is 4.79 Å². The fourth-order valence-electron chi connectivity index (χ4n) is 3.12. The molecular formula is C18H26N2O5S. The summed E-state index contributed by atoms with van der Waals surface area (Å²) < 4.78 is 33.1. The summed E-state index contributed by atoms with van der Waals surface area (Å²) in [5.74, 6) is -0.470. The standard InChI is InChI=1S/C18H26N2O5S/c1-4-25-17(21)18(12-6-5-7-16(18)20-24-3)13-19-26(22,23)15-10-8-14(2)9-11-15/h8-11,19H,4-7,12-13H2,1-3H3/b20-16+/t18-/m1/s1. The summed E-state index contributed by atoms with van der Waals surface area (Å²) in [6.07, 6.45) is 2.69. The quantitative estimate of drug-likeness (QED) is 0.577. The molecule has 7 nitrogen and oxygen atoms in total. The van der Waals surface area contributed by atoms with Crippen molar-refractivity contribution in [1.82, 2.24) is 4.72 Å². The second-order valence-corrected chi connectivity index (χ2v) is 8.13. The predicted octanol–water partition coefficient (Wildman–Crippen LogP) is 2.40. The molecule has 0 spiro atoms. The van der Waals surface area contributed by atoms with Crippen LogP contribution in [0, 0.1) is 12.3 Å². The van der Waals surface area contributed by atoms with Gasteiger partial charge in [0.05, 0.1) is 17.2 Å². The van der Waals surface area contributed by atoms with Crippen molar-refractivity contribution < 1.29 is 22.8 Å². The van der Waals surface area contributed by atoms with Crippen molar-refractivity contribution in [3.63, 3.8) is 0 Å². The van der Waals surface area contributed by atoms with Crippen molar-refractivity contribution >= 4 is 21.7 Å². The van der Waals surface area contributed by atoms with E-state index in [1.165, 1.54) is 7.11 Å². The minimum Gasteiger partial charge on any atom is -0.465 e. The molecule has 1 fully saturated rings. The second-order valence-electron chi connectivity index (χ2n) is 6.37. The van der Waals surface area contributed by atoms with Crippen molar-refractivity contribution in [3.05, 3.63) is 29.8 Å². The molecule has 2 rings (SSSR count). The third-order valence-electron chi connectivity index (χ3n) is 4.58. The highest BCUT2D eigenvalue weighted by Gasteiger charge is 2.47. The Balaban J connectivity index is 2.31. The van der Waals surface area contributed by atoms with Gasteiger partial charge in [0, 0.05) is 6.54 Å². The SMILES string of the molecule is CCOC(=O)[C@@]1(CNS(=O)(=O)c2ccc(C)cc2)CCCC/C1=N\OC. The van der Waals surface area contributed by atoms with Gasteiger partial charge < -0.3 is 9.57 Å². The monoisotopic (exact) mass is 382 g/mol. The van der Waals surface area contributed by atoms with Gasteiger partial charge in [0.1, 0.15) is 12.5 Å². The number of ether oxygens (including phenoxy) is 1. The Bertz CT molecular complexity index is 758. The lowest BCUT2D eigenvalue weighted by molar-refractivity contribution is -0.151. The summed E-state index contributed by atoms with van der Waals surface area (Å²) in [5, 5.41) is 4.01. The van der Waals surface area contributed by atoms with Gasteiger partial charge in [0.15, 0.2) is 0 Å². The van der Waals surface area contributed by atoms with Gasteiger partial charge in [-0.15, -0.1) is 0 Å². The molecule has 26 heavy (non-hydrogen) atoms. The number of nitrogens with one attached hydrogen (secondary N) is 1. The third kappa shape index (κ3) is 4.42. The second kappa shape index (κ2) is 8.64. The lowest BCUT2D eigenvalue weighted by atomic mass is 9.72. The number of carbonyl (C=O) groups excluding carboxylic acids is 1. The van der Waals surface area contributed by atoms with Gasteiger partial charge in [-0.2, -0.15) is 0 Å². The van der Waals surface area contributed by atoms with Gasteiger partial charge in [-0.1, -0.05) is 29.3 Å². The van der Waals surface area contributed by atoms with Crippen molar-refractivity contribution in [1.29, 1.82) is 0 Å². The maximum Gasteiger partial charge on any atom is 0.319 e. The fourth-order valence-corrected chi connectivity index (χ4v) is 4.21. The molecule has 144 valence electrons. The van der Waals surface area contributed by atoms with Gasteiger partial charge in [0.2, 0.25) is 10.0 Å². The molecule has 0 saturated heterocycles.